The summed E-state index contributed by atoms with van der Waals surface area (Å²) in [6.07, 6.45) is 6.13. The first-order valence-electron chi connectivity index (χ1n) is 11.5. The molecule has 2 heterocycles. The lowest BCUT2D eigenvalue weighted by atomic mass is 9.84. The van der Waals surface area contributed by atoms with Crippen molar-refractivity contribution in [3.63, 3.8) is 0 Å². The lowest BCUT2D eigenvalue weighted by molar-refractivity contribution is 0.0693. The van der Waals surface area contributed by atoms with Crippen LogP contribution in [0.15, 0.2) is 52.0 Å². The summed E-state index contributed by atoms with van der Waals surface area (Å²) < 4.78 is 7.68. The van der Waals surface area contributed by atoms with Gasteiger partial charge in [-0.25, -0.2) is 4.79 Å². The smallest absolute Gasteiger partial charge is 0.341 e. The van der Waals surface area contributed by atoms with Gasteiger partial charge in [-0.3, -0.25) is 4.79 Å². The standard InChI is InChI=1S/C25H31NO4.C2H6/c1-7-22(25(4,5)6)26-14-18(24(28)29)20(27)13-19(26)16(3)23(15(2)17-10-11-17)21-9-8-12-30-21;1-2/h8-9,12-14,17,22H,2,7,10-11H2,1,3-6H3,(H,28,29);1-2H3/b23-16-;/t22-;/m0./s1. The molecule has 0 aromatic carbocycles. The molecular weight excluding hydrogens is 402 g/mol. The zero-order chi connectivity index (χ0) is 24.2. The van der Waals surface area contributed by atoms with E-state index >= 15 is 0 Å². The van der Waals surface area contributed by atoms with Crippen molar-refractivity contribution in [2.24, 2.45) is 11.3 Å². The molecule has 1 saturated carbocycles. The Hall–Kier alpha value is -2.82. The summed E-state index contributed by atoms with van der Waals surface area (Å²) in [5, 5.41) is 9.55. The van der Waals surface area contributed by atoms with E-state index in [-0.39, 0.29) is 17.0 Å². The summed E-state index contributed by atoms with van der Waals surface area (Å²) in [6.45, 7) is 18.7. The molecule has 0 radical (unpaired) electrons. The van der Waals surface area contributed by atoms with Crippen LogP contribution in [-0.4, -0.2) is 15.6 Å². The highest BCUT2D eigenvalue weighted by atomic mass is 16.4. The first-order valence-corrected chi connectivity index (χ1v) is 11.5. The molecule has 32 heavy (non-hydrogen) atoms. The molecule has 5 heteroatoms. The molecule has 0 unspecified atom stereocenters. The molecule has 2 aromatic rings. The number of aromatic carboxylic acids is 1. The van der Waals surface area contributed by atoms with E-state index in [0.717, 1.165) is 41.7 Å². The van der Waals surface area contributed by atoms with Crippen molar-refractivity contribution in [3.8, 4) is 0 Å². The van der Waals surface area contributed by atoms with Crippen LogP contribution in [-0.2, 0) is 0 Å². The number of allylic oxidation sites excluding steroid dienone is 3. The van der Waals surface area contributed by atoms with Gasteiger partial charge in [-0.05, 0) is 60.8 Å². The van der Waals surface area contributed by atoms with E-state index < -0.39 is 11.4 Å². The van der Waals surface area contributed by atoms with Crippen LogP contribution in [0.1, 0.15) is 95.6 Å². The maximum absolute atomic E-state index is 12.7. The van der Waals surface area contributed by atoms with Gasteiger partial charge >= 0.3 is 5.97 Å². The molecule has 0 aliphatic heterocycles. The first kappa shape index (κ1) is 25.4. The van der Waals surface area contributed by atoms with Gasteiger partial charge < -0.3 is 14.1 Å². The lowest BCUT2D eigenvalue weighted by Crippen LogP contribution is -2.29. The Labute approximate surface area is 191 Å². The Balaban J connectivity index is 0.00000176. The van der Waals surface area contributed by atoms with Crippen molar-refractivity contribution in [3.05, 3.63) is 70.1 Å². The summed E-state index contributed by atoms with van der Waals surface area (Å²) >= 11 is 0. The fourth-order valence-corrected chi connectivity index (χ4v) is 4.26. The zero-order valence-corrected chi connectivity index (χ0v) is 20.5. The molecule has 1 aliphatic carbocycles. The Morgan fingerprint density at radius 3 is 2.38 bits per heavy atom. The molecule has 0 bridgehead atoms. The minimum absolute atomic E-state index is 0.00758. The third-order valence-corrected chi connectivity index (χ3v) is 5.95. The summed E-state index contributed by atoms with van der Waals surface area (Å²) in [6, 6.07) is 5.21. The predicted octanol–water partition coefficient (Wildman–Crippen LogP) is 7.06. The highest BCUT2D eigenvalue weighted by molar-refractivity contribution is 5.96. The number of aromatic nitrogens is 1. The van der Waals surface area contributed by atoms with Crippen LogP contribution in [0.2, 0.25) is 0 Å². The molecule has 174 valence electrons. The van der Waals surface area contributed by atoms with Gasteiger partial charge in [0, 0.05) is 29.6 Å². The van der Waals surface area contributed by atoms with E-state index in [2.05, 4.69) is 34.3 Å². The number of carboxylic acids is 1. The number of hydrogen-bond acceptors (Lipinski definition) is 3. The van der Waals surface area contributed by atoms with Gasteiger partial charge in [0.05, 0.1) is 6.26 Å². The average Bonchev–Trinajstić information content (AvgIpc) is 3.45. The van der Waals surface area contributed by atoms with Crippen molar-refractivity contribution < 1.29 is 14.3 Å². The van der Waals surface area contributed by atoms with E-state index in [1.807, 2.05) is 37.5 Å². The Kier molecular flexibility index (Phi) is 8.11. The van der Waals surface area contributed by atoms with Crippen LogP contribution in [0.3, 0.4) is 0 Å². The van der Waals surface area contributed by atoms with Crippen LogP contribution in [0.4, 0.5) is 0 Å². The van der Waals surface area contributed by atoms with Crippen LogP contribution in [0.5, 0.6) is 0 Å². The Morgan fingerprint density at radius 2 is 1.94 bits per heavy atom. The van der Waals surface area contributed by atoms with Crippen molar-refractivity contribution in [1.29, 1.82) is 0 Å². The zero-order valence-electron chi connectivity index (χ0n) is 20.5. The van der Waals surface area contributed by atoms with Crippen molar-refractivity contribution >= 4 is 17.1 Å². The van der Waals surface area contributed by atoms with E-state index in [1.165, 1.54) is 12.3 Å². The van der Waals surface area contributed by atoms with Crippen LogP contribution in [0, 0.1) is 11.3 Å². The third kappa shape index (κ3) is 5.32. The van der Waals surface area contributed by atoms with Gasteiger partial charge in [0.25, 0.3) is 0 Å². The van der Waals surface area contributed by atoms with Crippen molar-refractivity contribution in [2.75, 3.05) is 0 Å². The van der Waals surface area contributed by atoms with Crippen LogP contribution < -0.4 is 5.43 Å². The summed E-state index contributed by atoms with van der Waals surface area (Å²) in [5.74, 6) is -0.0723. The molecule has 0 saturated heterocycles. The first-order chi connectivity index (χ1) is 15.1. The van der Waals surface area contributed by atoms with Crippen LogP contribution >= 0.6 is 0 Å². The highest BCUT2D eigenvalue weighted by Crippen LogP contribution is 2.45. The van der Waals surface area contributed by atoms with E-state index in [4.69, 9.17) is 4.42 Å². The normalized spacial score (nSPS) is 15.3. The fraction of sp³-hybridized carbons (Fsp3) is 0.481. The lowest BCUT2D eigenvalue weighted by Gasteiger charge is -2.35. The van der Waals surface area contributed by atoms with Gasteiger partial charge in [-0.15, -0.1) is 0 Å². The number of furan rings is 1. The quantitative estimate of drug-likeness (QED) is 0.469. The minimum atomic E-state index is -1.21. The predicted molar refractivity (Wildman–Crippen MR) is 131 cm³/mol. The second-order valence-corrected chi connectivity index (χ2v) is 9.22. The SMILES string of the molecule is C=C(/C(=C(\C)c1cc(=O)c(C(=O)O)cn1[C@@H](CC)C(C)(C)C)c1ccco1)C1CC1.CC. The van der Waals surface area contributed by atoms with Gasteiger partial charge in [-0.1, -0.05) is 48.1 Å². The van der Waals surface area contributed by atoms with E-state index in [1.54, 1.807) is 6.26 Å². The molecule has 2 aromatic heterocycles. The second kappa shape index (κ2) is 10.2. The molecule has 0 spiro atoms. The largest absolute Gasteiger partial charge is 0.477 e. The van der Waals surface area contributed by atoms with Crippen molar-refractivity contribution in [1.82, 2.24) is 4.57 Å². The molecule has 0 amide bonds. The Bertz CT molecular complexity index is 1040. The van der Waals surface area contributed by atoms with E-state index in [9.17, 15) is 14.7 Å². The topological polar surface area (TPSA) is 72.4 Å². The number of pyridine rings is 1. The number of rotatable bonds is 7. The van der Waals surface area contributed by atoms with Crippen LogP contribution in [0.25, 0.3) is 11.1 Å². The number of nitrogens with zero attached hydrogens (tertiary/aromatic N) is 1. The summed E-state index contributed by atoms with van der Waals surface area (Å²) in [5.41, 5.74) is 2.66. The minimum Gasteiger partial charge on any atom is -0.477 e. The number of carbonyl (C=O) groups is 1. The molecule has 1 fully saturated rings. The number of carboxylic acid groups (broad SMARTS) is 1. The maximum atomic E-state index is 12.7. The molecule has 1 aliphatic rings. The van der Waals surface area contributed by atoms with Gasteiger partial charge in [0.1, 0.15) is 11.3 Å². The number of hydrogen-bond donors (Lipinski definition) is 1. The Morgan fingerprint density at radius 1 is 1.31 bits per heavy atom. The summed E-state index contributed by atoms with van der Waals surface area (Å²) in [7, 11) is 0. The highest BCUT2D eigenvalue weighted by Gasteiger charge is 2.32. The molecule has 3 rings (SSSR count). The second-order valence-electron chi connectivity index (χ2n) is 9.22. The fourth-order valence-electron chi connectivity index (χ4n) is 4.26. The summed E-state index contributed by atoms with van der Waals surface area (Å²) in [4.78, 5) is 24.3. The van der Waals surface area contributed by atoms with Gasteiger partial charge in [-0.2, -0.15) is 0 Å². The monoisotopic (exact) mass is 439 g/mol. The molecular formula is C27H37NO4. The van der Waals surface area contributed by atoms with Gasteiger partial charge in [0.2, 0.25) is 0 Å². The molecule has 1 N–H and O–H groups in total. The average molecular weight is 440 g/mol. The maximum Gasteiger partial charge on any atom is 0.341 e. The van der Waals surface area contributed by atoms with Crippen molar-refractivity contribution in [2.45, 2.75) is 73.8 Å². The van der Waals surface area contributed by atoms with Gasteiger partial charge in [0.15, 0.2) is 5.43 Å². The molecule has 5 nitrogen and oxygen atoms in total. The molecule has 1 atom stereocenters. The van der Waals surface area contributed by atoms with E-state index in [0.29, 0.717) is 11.6 Å². The third-order valence-electron chi connectivity index (χ3n) is 5.95.